The van der Waals surface area contributed by atoms with Crippen molar-refractivity contribution < 1.29 is 0 Å². The van der Waals surface area contributed by atoms with Gasteiger partial charge in [0.05, 0.1) is 11.3 Å². The number of anilines is 1. The molecule has 0 aromatic carbocycles. The Morgan fingerprint density at radius 2 is 2.12 bits per heavy atom. The normalized spacial score (nSPS) is 12.5. The highest BCUT2D eigenvalue weighted by atomic mass is 15.4. The smallest absolute Gasteiger partial charge is 0.138 e. The number of hydrogen-bond acceptors (Lipinski definition) is 3. The van der Waals surface area contributed by atoms with Crippen LogP contribution in [0, 0.1) is 12.3 Å². The van der Waals surface area contributed by atoms with Crippen LogP contribution in [0.1, 0.15) is 38.4 Å². The van der Waals surface area contributed by atoms with Gasteiger partial charge in [0.15, 0.2) is 0 Å². The molecule has 17 heavy (non-hydrogen) atoms. The minimum absolute atomic E-state index is 0.0901. The van der Waals surface area contributed by atoms with E-state index in [1.165, 1.54) is 0 Å². The molecule has 0 aliphatic rings. The van der Waals surface area contributed by atoms with Crippen LogP contribution in [-0.4, -0.2) is 28.2 Å². The van der Waals surface area contributed by atoms with Gasteiger partial charge in [-0.3, -0.25) is 10.1 Å². The zero-order valence-electron chi connectivity index (χ0n) is 11.4. The van der Waals surface area contributed by atoms with Crippen LogP contribution >= 0.6 is 0 Å². The van der Waals surface area contributed by atoms with Crippen LogP contribution in [0.3, 0.4) is 0 Å². The lowest BCUT2D eigenvalue weighted by atomic mass is 10.1. The Balaban J connectivity index is 3.32. The van der Waals surface area contributed by atoms with Gasteiger partial charge < -0.3 is 10.6 Å². The highest BCUT2D eigenvalue weighted by Gasteiger charge is 2.22. The molecule has 0 aliphatic heterocycles. The number of nitrogen functional groups attached to an aromatic ring is 1. The van der Waals surface area contributed by atoms with Gasteiger partial charge in [-0.15, -0.1) is 0 Å². The molecule has 0 fully saturated rings. The maximum atomic E-state index is 7.69. The Hall–Kier alpha value is -1.52. The maximum absolute atomic E-state index is 7.69. The summed E-state index contributed by atoms with van der Waals surface area (Å²) in [5, 5.41) is 12.1. The molecule has 1 atom stereocenters. The van der Waals surface area contributed by atoms with E-state index in [1.807, 2.05) is 18.7 Å². The maximum Gasteiger partial charge on any atom is 0.138 e. The molecule has 5 heteroatoms. The molecule has 0 bridgehead atoms. The number of nitrogens with zero attached hydrogens (tertiary/aromatic N) is 3. The molecular weight excluding hydrogens is 214 g/mol. The van der Waals surface area contributed by atoms with E-state index in [-0.39, 0.29) is 5.84 Å². The second-order valence-electron chi connectivity index (χ2n) is 4.36. The second-order valence-corrected chi connectivity index (χ2v) is 4.36. The zero-order chi connectivity index (χ0) is 13.2. The van der Waals surface area contributed by atoms with Crippen molar-refractivity contribution in [2.75, 3.05) is 11.4 Å². The summed E-state index contributed by atoms with van der Waals surface area (Å²) in [7, 11) is 1.90. The average Bonchev–Trinajstić information content (AvgIpc) is 2.55. The third-order valence-electron chi connectivity index (χ3n) is 3.20. The molecule has 1 aromatic rings. The number of nitrogens with one attached hydrogen (secondary N) is 1. The minimum atomic E-state index is 0.0901. The molecule has 0 aliphatic carbocycles. The van der Waals surface area contributed by atoms with Gasteiger partial charge in [0.1, 0.15) is 11.7 Å². The molecule has 1 rings (SSSR count). The van der Waals surface area contributed by atoms with E-state index >= 15 is 0 Å². The van der Waals surface area contributed by atoms with E-state index in [0.717, 1.165) is 30.0 Å². The van der Waals surface area contributed by atoms with Crippen LogP contribution in [0.2, 0.25) is 0 Å². The average molecular weight is 237 g/mol. The van der Waals surface area contributed by atoms with Crippen LogP contribution in [-0.2, 0) is 7.05 Å². The first-order chi connectivity index (χ1) is 7.93. The van der Waals surface area contributed by atoms with Crippen molar-refractivity contribution in [1.82, 2.24) is 9.78 Å². The van der Waals surface area contributed by atoms with Gasteiger partial charge in [0.25, 0.3) is 0 Å². The molecule has 0 saturated carbocycles. The van der Waals surface area contributed by atoms with Crippen molar-refractivity contribution in [2.24, 2.45) is 12.8 Å². The minimum Gasteiger partial charge on any atom is -0.384 e. The fraction of sp³-hybridized carbons (Fsp3) is 0.667. The fourth-order valence-electron chi connectivity index (χ4n) is 2.18. The van der Waals surface area contributed by atoms with Crippen LogP contribution in [0.25, 0.3) is 0 Å². The quantitative estimate of drug-likeness (QED) is 0.604. The van der Waals surface area contributed by atoms with Gasteiger partial charge in [-0.1, -0.05) is 6.92 Å². The van der Waals surface area contributed by atoms with Gasteiger partial charge in [-0.2, -0.15) is 5.10 Å². The van der Waals surface area contributed by atoms with Crippen molar-refractivity contribution in [3.8, 4) is 0 Å². The second kappa shape index (κ2) is 5.21. The number of hydrogen-bond donors (Lipinski definition) is 2. The third-order valence-corrected chi connectivity index (χ3v) is 3.20. The Bertz CT molecular complexity index is 407. The highest BCUT2D eigenvalue weighted by Crippen LogP contribution is 2.25. The van der Waals surface area contributed by atoms with Crippen LogP contribution < -0.4 is 10.6 Å². The van der Waals surface area contributed by atoms with E-state index in [9.17, 15) is 0 Å². The van der Waals surface area contributed by atoms with Gasteiger partial charge in [-0.25, -0.2) is 0 Å². The van der Waals surface area contributed by atoms with Crippen LogP contribution in [0.15, 0.2) is 0 Å². The van der Waals surface area contributed by atoms with E-state index in [2.05, 4.69) is 30.8 Å². The summed E-state index contributed by atoms with van der Waals surface area (Å²) in [6.07, 6.45) is 1.05. The summed E-state index contributed by atoms with van der Waals surface area (Å²) in [5.74, 6) is 1.04. The molecule has 1 heterocycles. The molecule has 0 amide bonds. The molecule has 0 saturated heterocycles. The topological polar surface area (TPSA) is 70.9 Å². The number of aromatic nitrogens is 2. The van der Waals surface area contributed by atoms with Gasteiger partial charge in [-0.05, 0) is 27.2 Å². The first-order valence-corrected chi connectivity index (χ1v) is 6.08. The summed E-state index contributed by atoms with van der Waals surface area (Å²) in [4.78, 5) is 2.25. The largest absolute Gasteiger partial charge is 0.384 e. The summed E-state index contributed by atoms with van der Waals surface area (Å²) in [6, 6.07) is 0.410. The van der Waals surface area contributed by atoms with Crippen molar-refractivity contribution in [3.05, 3.63) is 11.3 Å². The van der Waals surface area contributed by atoms with Gasteiger partial charge in [0, 0.05) is 19.6 Å². The first-order valence-electron chi connectivity index (χ1n) is 6.08. The van der Waals surface area contributed by atoms with Crippen molar-refractivity contribution in [2.45, 2.75) is 40.2 Å². The summed E-state index contributed by atoms with van der Waals surface area (Å²) >= 11 is 0. The third kappa shape index (κ3) is 2.43. The number of amidine groups is 1. The van der Waals surface area contributed by atoms with E-state index in [4.69, 9.17) is 11.1 Å². The van der Waals surface area contributed by atoms with Crippen molar-refractivity contribution >= 4 is 11.7 Å². The number of nitrogens with two attached hydrogens (primary N) is 1. The van der Waals surface area contributed by atoms with Gasteiger partial charge in [0.2, 0.25) is 0 Å². The lowest BCUT2D eigenvalue weighted by Gasteiger charge is -2.30. The lowest BCUT2D eigenvalue weighted by molar-refractivity contribution is 0.600. The summed E-state index contributed by atoms with van der Waals surface area (Å²) in [5.41, 5.74) is 7.24. The Labute approximate surface area is 103 Å². The molecule has 96 valence electrons. The van der Waals surface area contributed by atoms with Crippen LogP contribution in [0.4, 0.5) is 5.82 Å². The molecule has 1 aromatic heterocycles. The summed E-state index contributed by atoms with van der Waals surface area (Å²) in [6.45, 7) is 9.22. The van der Waals surface area contributed by atoms with E-state index in [0.29, 0.717) is 6.04 Å². The Morgan fingerprint density at radius 1 is 1.53 bits per heavy atom. The molecule has 5 nitrogen and oxygen atoms in total. The van der Waals surface area contributed by atoms with E-state index < -0.39 is 0 Å². The number of aryl methyl sites for hydroxylation is 2. The molecule has 0 radical (unpaired) electrons. The highest BCUT2D eigenvalue weighted by molar-refractivity contribution is 6.01. The molecule has 0 spiro atoms. The predicted octanol–water partition coefficient (Wildman–Crippen LogP) is 1.64. The van der Waals surface area contributed by atoms with Gasteiger partial charge >= 0.3 is 0 Å². The SMILES string of the molecule is CCC(C)N(CC)c1c(C(=N)N)c(C)nn1C. The molecular formula is C12H23N5. The predicted molar refractivity (Wildman–Crippen MR) is 71.7 cm³/mol. The van der Waals surface area contributed by atoms with Crippen molar-refractivity contribution in [1.29, 1.82) is 5.41 Å². The Morgan fingerprint density at radius 3 is 2.53 bits per heavy atom. The zero-order valence-corrected chi connectivity index (χ0v) is 11.4. The van der Waals surface area contributed by atoms with Crippen molar-refractivity contribution in [3.63, 3.8) is 0 Å². The lowest BCUT2D eigenvalue weighted by Crippen LogP contribution is -2.35. The molecule has 1 unspecified atom stereocenters. The number of rotatable bonds is 5. The first kappa shape index (κ1) is 13.5. The molecule has 3 N–H and O–H groups in total. The van der Waals surface area contributed by atoms with E-state index in [1.54, 1.807) is 0 Å². The monoisotopic (exact) mass is 237 g/mol. The fourth-order valence-corrected chi connectivity index (χ4v) is 2.18. The Kier molecular flexibility index (Phi) is 4.15. The van der Waals surface area contributed by atoms with Crippen LogP contribution in [0.5, 0.6) is 0 Å². The standard InChI is InChI=1S/C12H23N5/c1-6-8(3)17(7-2)12-10(11(13)14)9(4)15-16(12)5/h8H,6-7H2,1-5H3,(H3,13,14). The summed E-state index contributed by atoms with van der Waals surface area (Å²) < 4.78 is 1.82.